The third kappa shape index (κ3) is 6.79. The van der Waals surface area contributed by atoms with Crippen molar-refractivity contribution in [2.75, 3.05) is 36.0 Å². The number of hydrogen-bond donors (Lipinski definition) is 1. The molecular formula is C30H32ClN3O3. The smallest absolute Gasteiger partial charge is 0.330 e. The van der Waals surface area contributed by atoms with E-state index < -0.39 is 0 Å². The fourth-order valence-corrected chi connectivity index (χ4v) is 4.60. The molecule has 192 valence electrons. The van der Waals surface area contributed by atoms with Crippen molar-refractivity contribution in [2.24, 2.45) is 0 Å². The second-order valence-electron chi connectivity index (χ2n) is 8.74. The van der Waals surface area contributed by atoms with Crippen molar-refractivity contribution in [2.45, 2.75) is 26.3 Å². The average molecular weight is 518 g/mol. The van der Waals surface area contributed by atoms with Gasteiger partial charge in [0.25, 0.3) is 5.91 Å². The highest BCUT2D eigenvalue weighted by atomic mass is 35.5. The number of fused-ring (bicyclic) bond motifs is 2. The fourth-order valence-electron chi connectivity index (χ4n) is 4.43. The maximum atomic E-state index is 13.8. The van der Waals surface area contributed by atoms with E-state index in [1.54, 1.807) is 13.0 Å². The molecule has 0 aromatic heterocycles. The van der Waals surface area contributed by atoms with Crippen LogP contribution < -0.4 is 15.1 Å². The number of anilines is 3. The minimum atomic E-state index is -0.322. The van der Waals surface area contributed by atoms with E-state index >= 15 is 0 Å². The van der Waals surface area contributed by atoms with Gasteiger partial charge in [-0.3, -0.25) is 4.79 Å². The molecule has 1 amide bonds. The Kier molecular flexibility index (Phi) is 9.35. The molecule has 1 heterocycles. The third-order valence-corrected chi connectivity index (χ3v) is 6.40. The van der Waals surface area contributed by atoms with Crippen molar-refractivity contribution in [3.8, 4) is 0 Å². The second-order valence-corrected chi connectivity index (χ2v) is 9.18. The van der Waals surface area contributed by atoms with Gasteiger partial charge in [-0.15, -0.1) is 0 Å². The van der Waals surface area contributed by atoms with E-state index in [0.29, 0.717) is 30.3 Å². The minimum Gasteiger partial charge on any atom is -0.463 e. The Morgan fingerprint density at radius 1 is 0.946 bits per heavy atom. The van der Waals surface area contributed by atoms with Crippen molar-refractivity contribution < 1.29 is 14.3 Å². The summed E-state index contributed by atoms with van der Waals surface area (Å²) in [5.74, 6) is -0.349. The number of esters is 1. The second kappa shape index (κ2) is 13.1. The van der Waals surface area contributed by atoms with Gasteiger partial charge in [-0.2, -0.15) is 0 Å². The van der Waals surface area contributed by atoms with Gasteiger partial charge >= 0.3 is 5.97 Å². The van der Waals surface area contributed by atoms with Crippen molar-refractivity contribution in [1.82, 2.24) is 5.32 Å². The number of nitrogens with zero attached hydrogens (tertiary/aromatic N) is 2. The molecule has 0 aliphatic carbocycles. The maximum absolute atomic E-state index is 13.8. The third-order valence-electron chi connectivity index (χ3n) is 6.16. The lowest BCUT2D eigenvalue weighted by Gasteiger charge is -2.28. The average Bonchev–Trinajstić information content (AvgIpc) is 3.00. The maximum Gasteiger partial charge on any atom is 0.330 e. The van der Waals surface area contributed by atoms with Crippen LogP contribution in [-0.2, 0) is 16.1 Å². The molecule has 3 aromatic carbocycles. The van der Waals surface area contributed by atoms with Crippen LogP contribution in [0.5, 0.6) is 0 Å². The molecule has 6 nitrogen and oxygen atoms in total. The first-order valence-electron chi connectivity index (χ1n) is 12.6. The van der Waals surface area contributed by atoms with Crippen LogP contribution in [0.15, 0.2) is 84.9 Å². The Hall–Kier alpha value is -3.61. The summed E-state index contributed by atoms with van der Waals surface area (Å²) in [7, 11) is 0. The number of para-hydroxylation sites is 1. The SMILES string of the molecule is CCOC(=O)/C=C/CNCCCCN1c2ccccc2C(=O)N(Cc2ccccc2)c2ccc(Cl)cc21. The molecule has 1 N–H and O–H groups in total. The Balaban J connectivity index is 1.51. The monoisotopic (exact) mass is 517 g/mol. The molecule has 0 atom stereocenters. The van der Waals surface area contributed by atoms with Crippen LogP contribution in [0.4, 0.5) is 17.1 Å². The predicted octanol–water partition coefficient (Wildman–Crippen LogP) is 6.13. The van der Waals surface area contributed by atoms with E-state index in [4.69, 9.17) is 16.3 Å². The van der Waals surface area contributed by atoms with Gasteiger partial charge in [0.2, 0.25) is 0 Å². The van der Waals surface area contributed by atoms with Crippen LogP contribution in [0.2, 0.25) is 5.02 Å². The van der Waals surface area contributed by atoms with E-state index in [0.717, 1.165) is 48.6 Å². The first kappa shape index (κ1) is 26.5. The summed E-state index contributed by atoms with van der Waals surface area (Å²) in [6.07, 6.45) is 5.06. The lowest BCUT2D eigenvalue weighted by atomic mass is 10.1. The van der Waals surface area contributed by atoms with Crippen molar-refractivity contribution >= 4 is 40.5 Å². The zero-order chi connectivity index (χ0) is 26.0. The topological polar surface area (TPSA) is 61.9 Å². The van der Waals surface area contributed by atoms with Crippen LogP contribution in [-0.4, -0.2) is 38.1 Å². The van der Waals surface area contributed by atoms with Gasteiger partial charge in [0.05, 0.1) is 35.8 Å². The Bertz CT molecular complexity index is 1250. The highest BCUT2D eigenvalue weighted by Crippen LogP contribution is 2.42. The number of halogens is 1. The van der Waals surface area contributed by atoms with Crippen LogP contribution >= 0.6 is 11.6 Å². The lowest BCUT2D eigenvalue weighted by Crippen LogP contribution is -2.29. The normalized spacial score (nSPS) is 12.9. The largest absolute Gasteiger partial charge is 0.463 e. The van der Waals surface area contributed by atoms with Crippen molar-refractivity contribution in [3.63, 3.8) is 0 Å². The number of benzene rings is 3. The summed E-state index contributed by atoms with van der Waals surface area (Å²) in [4.78, 5) is 29.2. The van der Waals surface area contributed by atoms with Gasteiger partial charge in [0.1, 0.15) is 0 Å². The molecule has 0 bridgehead atoms. The van der Waals surface area contributed by atoms with E-state index in [2.05, 4.69) is 10.2 Å². The number of hydrogen-bond acceptors (Lipinski definition) is 5. The zero-order valence-corrected chi connectivity index (χ0v) is 21.8. The molecule has 0 radical (unpaired) electrons. The fraction of sp³-hybridized carbons (Fsp3) is 0.267. The quantitative estimate of drug-likeness (QED) is 0.188. The number of carbonyl (C=O) groups excluding carboxylic acids is 2. The molecule has 37 heavy (non-hydrogen) atoms. The van der Waals surface area contributed by atoms with Gasteiger partial charge in [-0.1, -0.05) is 60.1 Å². The molecule has 7 heteroatoms. The Morgan fingerprint density at radius 2 is 1.73 bits per heavy atom. The summed E-state index contributed by atoms with van der Waals surface area (Å²) in [5, 5.41) is 3.96. The molecule has 0 fully saturated rings. The molecule has 0 saturated carbocycles. The van der Waals surface area contributed by atoms with E-state index in [1.807, 2.05) is 77.7 Å². The number of carbonyl (C=O) groups is 2. The highest BCUT2D eigenvalue weighted by molar-refractivity contribution is 6.31. The molecular weight excluding hydrogens is 486 g/mol. The first-order chi connectivity index (χ1) is 18.1. The Labute approximate surface area is 223 Å². The minimum absolute atomic E-state index is 0.0272. The summed E-state index contributed by atoms with van der Waals surface area (Å²) in [6.45, 7) is 4.78. The lowest BCUT2D eigenvalue weighted by molar-refractivity contribution is -0.137. The molecule has 0 saturated heterocycles. The summed E-state index contributed by atoms with van der Waals surface area (Å²) in [5.41, 5.74) is 4.39. The summed E-state index contributed by atoms with van der Waals surface area (Å²) < 4.78 is 4.88. The molecule has 4 rings (SSSR count). The van der Waals surface area contributed by atoms with E-state index in [1.165, 1.54) is 6.08 Å². The number of unbranched alkanes of at least 4 members (excludes halogenated alkanes) is 1. The highest BCUT2D eigenvalue weighted by Gasteiger charge is 2.30. The standard InChI is InChI=1S/C30H32ClN3O3/c1-2-37-29(35)15-10-19-32-18-8-9-20-33-26-14-7-6-13-25(26)30(36)34(22-23-11-4-3-5-12-23)27-17-16-24(31)21-28(27)33/h3-7,10-17,21,32H,2,8-9,18-20,22H2,1H3/b15-10+. The predicted molar refractivity (Wildman–Crippen MR) is 150 cm³/mol. The Morgan fingerprint density at radius 3 is 2.54 bits per heavy atom. The summed E-state index contributed by atoms with van der Waals surface area (Å²) >= 11 is 6.46. The molecule has 1 aliphatic heterocycles. The van der Waals surface area contributed by atoms with Crippen molar-refractivity contribution in [1.29, 1.82) is 0 Å². The summed E-state index contributed by atoms with van der Waals surface area (Å²) in [6, 6.07) is 23.5. The van der Waals surface area contributed by atoms with E-state index in [-0.39, 0.29) is 11.9 Å². The van der Waals surface area contributed by atoms with Crippen LogP contribution in [0.3, 0.4) is 0 Å². The molecule has 0 unspecified atom stereocenters. The van der Waals surface area contributed by atoms with Crippen LogP contribution in [0, 0.1) is 0 Å². The molecule has 0 spiro atoms. The number of nitrogens with one attached hydrogen (secondary N) is 1. The van der Waals surface area contributed by atoms with Crippen LogP contribution in [0.1, 0.15) is 35.7 Å². The zero-order valence-electron chi connectivity index (χ0n) is 21.0. The van der Waals surface area contributed by atoms with Crippen molar-refractivity contribution in [3.05, 3.63) is 101 Å². The molecule has 3 aromatic rings. The van der Waals surface area contributed by atoms with Gasteiger partial charge in [-0.05, 0) is 62.2 Å². The van der Waals surface area contributed by atoms with Gasteiger partial charge in [0, 0.05) is 24.2 Å². The van der Waals surface area contributed by atoms with Gasteiger partial charge < -0.3 is 19.9 Å². The number of rotatable bonds is 11. The van der Waals surface area contributed by atoms with Crippen LogP contribution in [0.25, 0.3) is 0 Å². The molecule has 1 aliphatic rings. The first-order valence-corrected chi connectivity index (χ1v) is 13.0. The van der Waals surface area contributed by atoms with E-state index in [9.17, 15) is 9.59 Å². The van der Waals surface area contributed by atoms with Gasteiger partial charge in [0.15, 0.2) is 0 Å². The number of ether oxygens (including phenoxy) is 1. The van der Waals surface area contributed by atoms with Gasteiger partial charge in [-0.25, -0.2) is 4.79 Å². The number of amides is 1.